The number of hydrogen-bond acceptors (Lipinski definition) is 4. The average Bonchev–Trinajstić information content (AvgIpc) is 3.16. The van der Waals surface area contributed by atoms with E-state index in [1.54, 1.807) is 25.6 Å². The first-order valence-corrected chi connectivity index (χ1v) is 10.1. The summed E-state index contributed by atoms with van der Waals surface area (Å²) in [5, 5.41) is 5.47. The van der Waals surface area contributed by atoms with E-state index in [1.807, 2.05) is 66.0 Å². The Bertz CT molecular complexity index is 1240. The second-order valence-electron chi connectivity index (χ2n) is 6.81. The highest BCUT2D eigenvalue weighted by atomic mass is 35.5. The van der Waals surface area contributed by atoms with Gasteiger partial charge in [0, 0.05) is 28.5 Å². The van der Waals surface area contributed by atoms with Gasteiger partial charge in [0.05, 0.1) is 24.0 Å². The maximum absolute atomic E-state index is 6.43. The third-order valence-corrected chi connectivity index (χ3v) is 5.02. The van der Waals surface area contributed by atoms with Crippen molar-refractivity contribution in [1.82, 2.24) is 19.6 Å². The minimum absolute atomic E-state index is 0.695. The van der Waals surface area contributed by atoms with Gasteiger partial charge in [-0.1, -0.05) is 54.1 Å². The molecule has 0 spiro atoms. The van der Waals surface area contributed by atoms with Gasteiger partial charge >= 0.3 is 0 Å². The van der Waals surface area contributed by atoms with Crippen molar-refractivity contribution in [1.29, 1.82) is 0 Å². The van der Waals surface area contributed by atoms with E-state index < -0.39 is 0 Å². The minimum atomic E-state index is 0.695. The molecule has 0 bridgehead atoms. The Labute approximate surface area is 186 Å². The highest BCUT2D eigenvalue weighted by Crippen LogP contribution is 2.34. The van der Waals surface area contributed by atoms with Crippen molar-refractivity contribution < 1.29 is 4.74 Å². The quantitative estimate of drug-likeness (QED) is 0.347. The minimum Gasteiger partial charge on any atom is -0.497 e. The number of ether oxygens (including phenoxy) is 1. The number of aryl methyl sites for hydroxylation is 1. The summed E-state index contributed by atoms with van der Waals surface area (Å²) >= 11 is 6.43. The van der Waals surface area contributed by atoms with Gasteiger partial charge < -0.3 is 4.74 Å². The number of fused-ring (bicyclic) bond motifs is 1. The van der Waals surface area contributed by atoms with Crippen LogP contribution in [0.5, 0.6) is 5.75 Å². The van der Waals surface area contributed by atoms with Crippen molar-refractivity contribution in [3.8, 4) is 28.1 Å². The van der Waals surface area contributed by atoms with Crippen molar-refractivity contribution in [3.63, 3.8) is 0 Å². The maximum Gasteiger partial charge on any atom is 0.118 e. The number of hydrogen-bond donors (Lipinski definition) is 0. The van der Waals surface area contributed by atoms with Crippen LogP contribution in [0.25, 0.3) is 27.9 Å². The molecule has 0 aliphatic carbocycles. The van der Waals surface area contributed by atoms with E-state index in [4.69, 9.17) is 21.4 Å². The predicted octanol–water partition coefficient (Wildman–Crippen LogP) is 6.12. The van der Waals surface area contributed by atoms with Crippen LogP contribution in [-0.4, -0.2) is 26.7 Å². The summed E-state index contributed by atoms with van der Waals surface area (Å²) in [6.45, 7) is 2.02. The van der Waals surface area contributed by atoms with Crippen LogP contribution in [0.1, 0.15) is 5.69 Å². The second-order valence-corrected chi connectivity index (χ2v) is 7.25. The maximum atomic E-state index is 6.43. The van der Waals surface area contributed by atoms with Crippen LogP contribution in [0.2, 0.25) is 5.02 Å². The van der Waals surface area contributed by atoms with Crippen molar-refractivity contribution in [3.05, 3.63) is 102 Å². The lowest BCUT2D eigenvalue weighted by Gasteiger charge is -2.08. The van der Waals surface area contributed by atoms with Gasteiger partial charge in [-0.15, -0.1) is 0 Å². The summed E-state index contributed by atoms with van der Waals surface area (Å²) in [5.74, 6) is 0.834. The van der Waals surface area contributed by atoms with Crippen molar-refractivity contribution >= 4 is 17.1 Å². The third kappa shape index (κ3) is 4.57. The smallest absolute Gasteiger partial charge is 0.118 e. The molecule has 0 saturated carbocycles. The lowest BCUT2D eigenvalue weighted by Crippen LogP contribution is -1.94. The summed E-state index contributed by atoms with van der Waals surface area (Å²) in [6.07, 6.45) is 4.88. The van der Waals surface area contributed by atoms with E-state index >= 15 is 0 Å². The summed E-state index contributed by atoms with van der Waals surface area (Å²) in [5.41, 5.74) is 6.19. The van der Waals surface area contributed by atoms with E-state index in [0.29, 0.717) is 5.02 Å². The Morgan fingerprint density at radius 2 is 1.55 bits per heavy atom. The zero-order valence-corrected chi connectivity index (χ0v) is 18.0. The summed E-state index contributed by atoms with van der Waals surface area (Å²) in [7, 11) is 1.67. The van der Waals surface area contributed by atoms with E-state index in [1.165, 1.54) is 6.33 Å². The van der Waals surface area contributed by atoms with Crippen molar-refractivity contribution in [2.24, 2.45) is 0 Å². The molecule has 0 aliphatic heterocycles. The normalized spacial score (nSPS) is 10.4. The third-order valence-electron chi connectivity index (χ3n) is 4.80. The molecule has 5 rings (SSSR count). The van der Waals surface area contributed by atoms with Gasteiger partial charge in [-0.3, -0.25) is 0 Å². The van der Waals surface area contributed by atoms with Gasteiger partial charge in [0.15, 0.2) is 0 Å². The predicted molar refractivity (Wildman–Crippen MR) is 124 cm³/mol. The molecule has 0 saturated heterocycles. The van der Waals surface area contributed by atoms with Gasteiger partial charge in [-0.25, -0.2) is 14.5 Å². The number of methoxy groups -OCH3 is 1. The Hall–Kier alpha value is -3.70. The summed E-state index contributed by atoms with van der Waals surface area (Å²) < 4.78 is 7.23. The Balaban J connectivity index is 0.000000334. The lowest BCUT2D eigenvalue weighted by atomic mass is 10.0. The number of benzene rings is 2. The average molecular weight is 429 g/mol. The number of aromatic nitrogens is 4. The molecule has 5 aromatic rings. The van der Waals surface area contributed by atoms with Gasteiger partial charge in [-0.2, -0.15) is 5.10 Å². The molecule has 0 unspecified atom stereocenters. The fraction of sp³-hybridized carbons (Fsp3) is 0.0800. The molecular weight excluding hydrogens is 408 g/mol. The highest BCUT2D eigenvalue weighted by Gasteiger charge is 2.15. The SMILES string of the molecule is COc1ccc(-c2c(C)nn3c(-c4ccccc4)cc(Cl)cc23)cc1.c1cncnc1. The number of nitrogens with zero attached hydrogens (tertiary/aromatic N) is 4. The molecule has 0 amide bonds. The zero-order valence-electron chi connectivity index (χ0n) is 17.2. The molecule has 154 valence electrons. The largest absolute Gasteiger partial charge is 0.497 e. The van der Waals surface area contributed by atoms with Crippen molar-refractivity contribution in [2.75, 3.05) is 7.11 Å². The molecule has 3 aromatic heterocycles. The monoisotopic (exact) mass is 428 g/mol. The Kier molecular flexibility index (Phi) is 6.24. The number of rotatable bonds is 3. The van der Waals surface area contributed by atoms with E-state index in [-0.39, 0.29) is 0 Å². The van der Waals surface area contributed by atoms with Crippen LogP contribution >= 0.6 is 11.6 Å². The van der Waals surface area contributed by atoms with Gasteiger partial charge in [0.2, 0.25) is 0 Å². The molecule has 6 heteroatoms. The fourth-order valence-electron chi connectivity index (χ4n) is 3.41. The first-order valence-electron chi connectivity index (χ1n) is 9.76. The van der Waals surface area contributed by atoms with Gasteiger partial charge in [-0.05, 0) is 42.8 Å². The van der Waals surface area contributed by atoms with Gasteiger partial charge in [0.25, 0.3) is 0 Å². The zero-order chi connectivity index (χ0) is 21.6. The Morgan fingerprint density at radius 3 is 2.13 bits per heavy atom. The van der Waals surface area contributed by atoms with Crippen LogP contribution in [0, 0.1) is 6.92 Å². The molecule has 5 nitrogen and oxygen atoms in total. The molecule has 31 heavy (non-hydrogen) atoms. The molecule has 0 atom stereocenters. The first kappa shape index (κ1) is 20.6. The lowest BCUT2D eigenvalue weighted by molar-refractivity contribution is 0.415. The molecule has 0 fully saturated rings. The molecule has 3 heterocycles. The standard InChI is InChI=1S/C21H17ClN2O.C4H4N2/c1-14-21(16-8-10-18(25-2)11-9-16)20-13-17(22)12-19(24(20)23-14)15-6-4-3-5-7-15;1-2-5-4-6-3-1/h3-13H,1-2H3;1-4H. The second kappa shape index (κ2) is 9.41. The number of pyridine rings is 1. The molecule has 0 radical (unpaired) electrons. The van der Waals surface area contributed by atoms with Crippen LogP contribution < -0.4 is 4.74 Å². The van der Waals surface area contributed by atoms with Crippen molar-refractivity contribution in [2.45, 2.75) is 6.92 Å². The molecule has 0 N–H and O–H groups in total. The summed E-state index contributed by atoms with van der Waals surface area (Å²) in [4.78, 5) is 7.35. The van der Waals surface area contributed by atoms with Crippen LogP contribution in [0.15, 0.2) is 91.5 Å². The van der Waals surface area contributed by atoms with E-state index in [9.17, 15) is 0 Å². The number of halogens is 1. The molecular formula is C25H21ClN4O. The van der Waals surface area contributed by atoms with E-state index in [2.05, 4.69) is 22.1 Å². The van der Waals surface area contributed by atoms with Crippen LogP contribution in [0.4, 0.5) is 0 Å². The summed E-state index contributed by atoms with van der Waals surface area (Å²) in [6, 6.07) is 23.9. The van der Waals surface area contributed by atoms with Crippen LogP contribution in [-0.2, 0) is 0 Å². The van der Waals surface area contributed by atoms with Gasteiger partial charge in [0.1, 0.15) is 12.1 Å². The fourth-order valence-corrected chi connectivity index (χ4v) is 3.62. The molecule has 0 aliphatic rings. The van der Waals surface area contributed by atoms with E-state index in [0.717, 1.165) is 39.3 Å². The molecule has 2 aromatic carbocycles. The Morgan fingerprint density at radius 1 is 0.839 bits per heavy atom. The highest BCUT2D eigenvalue weighted by molar-refractivity contribution is 6.31. The van der Waals surface area contributed by atoms with Crippen LogP contribution in [0.3, 0.4) is 0 Å². The topological polar surface area (TPSA) is 52.3 Å². The first-order chi connectivity index (χ1) is 15.2.